The van der Waals surface area contributed by atoms with E-state index in [0.717, 1.165) is 12.8 Å². The first-order chi connectivity index (χ1) is 9.91. The van der Waals surface area contributed by atoms with Crippen molar-refractivity contribution in [2.45, 2.75) is 38.1 Å². The Kier molecular flexibility index (Phi) is 5.08. The first-order valence-corrected chi connectivity index (χ1v) is 8.63. The third-order valence-corrected chi connectivity index (χ3v) is 6.07. The second-order valence-electron chi connectivity index (χ2n) is 5.55. The second kappa shape index (κ2) is 6.48. The molecule has 1 fully saturated rings. The van der Waals surface area contributed by atoms with Crippen LogP contribution >= 0.6 is 0 Å². The van der Waals surface area contributed by atoms with Gasteiger partial charge < -0.3 is 14.9 Å². The molecule has 0 bridgehead atoms. The second-order valence-corrected chi connectivity index (χ2v) is 7.43. The van der Waals surface area contributed by atoms with Crippen molar-refractivity contribution in [3.8, 4) is 0 Å². The molecule has 2 heterocycles. The molecule has 1 atom stereocenters. The number of piperidine rings is 1. The average molecular weight is 316 g/mol. The third kappa shape index (κ3) is 3.15. The van der Waals surface area contributed by atoms with Crippen molar-refractivity contribution in [3.63, 3.8) is 0 Å². The van der Waals surface area contributed by atoms with Gasteiger partial charge in [-0.1, -0.05) is 0 Å². The minimum absolute atomic E-state index is 0.160. The summed E-state index contributed by atoms with van der Waals surface area (Å²) in [7, 11) is -1.92. The summed E-state index contributed by atoms with van der Waals surface area (Å²) in [6, 6.07) is 0. The van der Waals surface area contributed by atoms with Crippen LogP contribution in [0.3, 0.4) is 0 Å². The standard InChI is InChI=1S/C14H24N2O4S/c1-10-13(7-15)14(11(2)20-10)21(17,18)16-6-4-5-12(8-16)9-19-3/h12H,4-9,15H2,1-3H3. The maximum absolute atomic E-state index is 12.9. The predicted molar refractivity (Wildman–Crippen MR) is 79.4 cm³/mol. The maximum Gasteiger partial charge on any atom is 0.246 e. The van der Waals surface area contributed by atoms with Gasteiger partial charge in [0.1, 0.15) is 16.4 Å². The first-order valence-electron chi connectivity index (χ1n) is 7.19. The summed E-state index contributed by atoms with van der Waals surface area (Å²) in [5, 5.41) is 0. The molecule has 1 aliphatic heterocycles. The number of rotatable bonds is 5. The number of nitrogens with two attached hydrogens (primary N) is 1. The van der Waals surface area contributed by atoms with Crippen molar-refractivity contribution in [2.75, 3.05) is 26.8 Å². The molecular formula is C14H24N2O4S. The fraction of sp³-hybridized carbons (Fsp3) is 0.714. The fourth-order valence-electron chi connectivity index (χ4n) is 3.03. The number of furan rings is 1. The van der Waals surface area contributed by atoms with Crippen LogP contribution in [-0.4, -0.2) is 39.5 Å². The molecule has 0 aromatic carbocycles. The van der Waals surface area contributed by atoms with Crippen molar-refractivity contribution in [3.05, 3.63) is 17.1 Å². The van der Waals surface area contributed by atoms with Gasteiger partial charge in [-0.3, -0.25) is 0 Å². The number of hydrogen-bond acceptors (Lipinski definition) is 5. The minimum Gasteiger partial charge on any atom is -0.465 e. The summed E-state index contributed by atoms with van der Waals surface area (Å²) in [4.78, 5) is 0.251. The van der Waals surface area contributed by atoms with Crippen LogP contribution in [0.25, 0.3) is 0 Å². The number of nitrogens with zero attached hydrogens (tertiary/aromatic N) is 1. The molecule has 1 unspecified atom stereocenters. The van der Waals surface area contributed by atoms with E-state index >= 15 is 0 Å². The van der Waals surface area contributed by atoms with Gasteiger partial charge in [-0.15, -0.1) is 0 Å². The highest BCUT2D eigenvalue weighted by Gasteiger charge is 2.35. The van der Waals surface area contributed by atoms with Gasteiger partial charge in [-0.05, 0) is 32.6 Å². The van der Waals surface area contributed by atoms with Gasteiger partial charge in [0.05, 0.1) is 6.61 Å². The molecule has 0 amide bonds. The number of aryl methyl sites for hydroxylation is 2. The van der Waals surface area contributed by atoms with Crippen molar-refractivity contribution in [1.29, 1.82) is 0 Å². The number of hydrogen-bond donors (Lipinski definition) is 1. The van der Waals surface area contributed by atoms with Gasteiger partial charge in [0.2, 0.25) is 10.0 Å². The van der Waals surface area contributed by atoms with Gasteiger partial charge in [0.25, 0.3) is 0 Å². The Hall–Kier alpha value is -0.890. The molecule has 0 aliphatic carbocycles. The van der Waals surface area contributed by atoms with Gasteiger partial charge in [0.15, 0.2) is 0 Å². The molecule has 0 spiro atoms. The number of ether oxygens (including phenoxy) is 1. The fourth-order valence-corrected chi connectivity index (χ4v) is 5.01. The lowest BCUT2D eigenvalue weighted by Crippen LogP contribution is -2.41. The Bertz CT molecular complexity index is 592. The molecule has 2 N–H and O–H groups in total. The summed E-state index contributed by atoms with van der Waals surface area (Å²) in [6.07, 6.45) is 1.84. The van der Waals surface area contributed by atoms with Crippen LogP contribution < -0.4 is 5.73 Å². The van der Waals surface area contributed by atoms with Crippen LogP contribution in [0, 0.1) is 19.8 Å². The van der Waals surface area contributed by atoms with Crippen LogP contribution in [0.15, 0.2) is 9.31 Å². The van der Waals surface area contributed by atoms with Crippen molar-refractivity contribution in [1.82, 2.24) is 4.31 Å². The molecule has 120 valence electrons. The van der Waals surface area contributed by atoms with Crippen LogP contribution in [0.4, 0.5) is 0 Å². The SMILES string of the molecule is COCC1CCCN(S(=O)(=O)c2c(C)oc(C)c2CN)C1. The highest BCUT2D eigenvalue weighted by molar-refractivity contribution is 7.89. The van der Waals surface area contributed by atoms with E-state index in [0.29, 0.717) is 36.8 Å². The zero-order chi connectivity index (χ0) is 15.6. The Morgan fingerprint density at radius 2 is 2.10 bits per heavy atom. The van der Waals surface area contributed by atoms with Gasteiger partial charge in [-0.2, -0.15) is 4.31 Å². The quantitative estimate of drug-likeness (QED) is 0.887. The Morgan fingerprint density at radius 1 is 1.38 bits per heavy atom. The summed E-state index contributed by atoms with van der Waals surface area (Å²) < 4.78 is 38.0. The number of methoxy groups -OCH3 is 1. The van der Waals surface area contributed by atoms with E-state index in [-0.39, 0.29) is 17.4 Å². The molecule has 1 aromatic rings. The lowest BCUT2D eigenvalue weighted by atomic mass is 10.0. The largest absolute Gasteiger partial charge is 0.465 e. The van der Waals surface area contributed by atoms with E-state index in [9.17, 15) is 8.42 Å². The van der Waals surface area contributed by atoms with Crippen LogP contribution in [0.1, 0.15) is 29.9 Å². The Morgan fingerprint density at radius 3 is 2.71 bits per heavy atom. The summed E-state index contributed by atoms with van der Waals surface area (Å²) in [6.45, 7) is 5.19. The highest BCUT2D eigenvalue weighted by atomic mass is 32.2. The van der Waals surface area contributed by atoms with Crippen molar-refractivity contribution < 1.29 is 17.6 Å². The topological polar surface area (TPSA) is 85.8 Å². The van der Waals surface area contributed by atoms with E-state index in [1.807, 2.05) is 0 Å². The smallest absolute Gasteiger partial charge is 0.246 e. The third-order valence-electron chi connectivity index (χ3n) is 4.01. The van der Waals surface area contributed by atoms with Gasteiger partial charge in [0, 0.05) is 32.3 Å². The zero-order valence-electron chi connectivity index (χ0n) is 12.9. The van der Waals surface area contributed by atoms with E-state index in [4.69, 9.17) is 14.9 Å². The summed E-state index contributed by atoms with van der Waals surface area (Å²) in [5.74, 6) is 1.24. The molecule has 1 saturated heterocycles. The number of sulfonamides is 1. The Balaban J connectivity index is 2.34. The molecule has 7 heteroatoms. The van der Waals surface area contributed by atoms with E-state index < -0.39 is 10.0 Å². The van der Waals surface area contributed by atoms with Crippen LogP contribution in [0.5, 0.6) is 0 Å². The van der Waals surface area contributed by atoms with Crippen LogP contribution in [0.2, 0.25) is 0 Å². The molecule has 21 heavy (non-hydrogen) atoms. The predicted octanol–water partition coefficient (Wildman–Crippen LogP) is 1.40. The summed E-state index contributed by atoms with van der Waals surface area (Å²) in [5.41, 5.74) is 6.29. The molecule has 0 radical (unpaired) electrons. The summed E-state index contributed by atoms with van der Waals surface area (Å²) >= 11 is 0. The lowest BCUT2D eigenvalue weighted by Gasteiger charge is -2.31. The van der Waals surface area contributed by atoms with E-state index in [1.54, 1.807) is 21.0 Å². The van der Waals surface area contributed by atoms with Crippen molar-refractivity contribution in [2.24, 2.45) is 11.7 Å². The molecule has 1 aromatic heterocycles. The van der Waals surface area contributed by atoms with Gasteiger partial charge >= 0.3 is 0 Å². The minimum atomic E-state index is -3.56. The van der Waals surface area contributed by atoms with E-state index in [1.165, 1.54) is 4.31 Å². The maximum atomic E-state index is 12.9. The first kappa shape index (κ1) is 16.5. The Labute approximate surface area is 126 Å². The van der Waals surface area contributed by atoms with E-state index in [2.05, 4.69) is 0 Å². The average Bonchev–Trinajstić information content (AvgIpc) is 2.74. The molecule has 6 nitrogen and oxygen atoms in total. The molecule has 2 rings (SSSR count). The van der Waals surface area contributed by atoms with Gasteiger partial charge in [-0.25, -0.2) is 8.42 Å². The molecular weight excluding hydrogens is 292 g/mol. The monoisotopic (exact) mass is 316 g/mol. The van der Waals surface area contributed by atoms with Crippen LogP contribution in [-0.2, 0) is 21.3 Å². The zero-order valence-corrected chi connectivity index (χ0v) is 13.7. The van der Waals surface area contributed by atoms with Crippen molar-refractivity contribution >= 4 is 10.0 Å². The highest BCUT2D eigenvalue weighted by Crippen LogP contribution is 2.31. The molecule has 0 saturated carbocycles. The lowest BCUT2D eigenvalue weighted by molar-refractivity contribution is 0.118. The normalized spacial score (nSPS) is 20.9. The molecule has 1 aliphatic rings.